The maximum Gasteiger partial charge on any atom is 0.291 e. The molecular formula is C24H18BrN3O4. The summed E-state index contributed by atoms with van der Waals surface area (Å²) in [5.74, 6) is 0.0445. The first-order valence-corrected chi connectivity index (χ1v) is 10.5. The first-order valence-electron chi connectivity index (χ1n) is 9.68. The molecule has 0 spiro atoms. The van der Waals surface area contributed by atoms with Crippen molar-refractivity contribution in [1.29, 1.82) is 0 Å². The van der Waals surface area contributed by atoms with Crippen LogP contribution in [-0.2, 0) is 6.61 Å². The minimum atomic E-state index is -0.411. The lowest BCUT2D eigenvalue weighted by Crippen LogP contribution is -2.14. The lowest BCUT2D eigenvalue weighted by atomic mass is 10.1. The van der Waals surface area contributed by atoms with E-state index in [1.165, 1.54) is 0 Å². The lowest BCUT2D eigenvalue weighted by Gasteiger charge is -2.10. The summed E-state index contributed by atoms with van der Waals surface area (Å²) in [7, 11) is 0. The van der Waals surface area contributed by atoms with Crippen LogP contribution in [0.3, 0.4) is 0 Å². The Morgan fingerprint density at radius 1 is 0.875 bits per heavy atom. The maximum atomic E-state index is 12.7. The van der Waals surface area contributed by atoms with Crippen LogP contribution in [0.25, 0.3) is 0 Å². The van der Waals surface area contributed by atoms with E-state index in [1.54, 1.807) is 60.8 Å². The number of carbonyl (C=O) groups excluding carboxylic acids is 2. The van der Waals surface area contributed by atoms with Crippen molar-refractivity contribution in [3.05, 3.63) is 107 Å². The molecule has 160 valence electrons. The summed E-state index contributed by atoms with van der Waals surface area (Å²) in [5.41, 5.74) is 2.26. The summed E-state index contributed by atoms with van der Waals surface area (Å²) in [6, 6.07) is 22.5. The smallest absolute Gasteiger partial charge is 0.291 e. The Labute approximate surface area is 192 Å². The van der Waals surface area contributed by atoms with Gasteiger partial charge in [0.15, 0.2) is 10.4 Å². The molecule has 0 radical (unpaired) electrons. The van der Waals surface area contributed by atoms with Crippen LogP contribution in [0.5, 0.6) is 5.75 Å². The van der Waals surface area contributed by atoms with Crippen molar-refractivity contribution in [2.75, 3.05) is 10.6 Å². The van der Waals surface area contributed by atoms with Gasteiger partial charge in [-0.25, -0.2) is 0 Å². The minimum absolute atomic E-state index is 0.161. The highest BCUT2D eigenvalue weighted by Crippen LogP contribution is 2.20. The van der Waals surface area contributed by atoms with Gasteiger partial charge in [-0.1, -0.05) is 18.2 Å². The maximum absolute atomic E-state index is 12.7. The molecule has 2 aromatic heterocycles. The second-order valence-electron chi connectivity index (χ2n) is 6.73. The van der Waals surface area contributed by atoms with Crippen molar-refractivity contribution in [2.45, 2.75) is 6.61 Å². The summed E-state index contributed by atoms with van der Waals surface area (Å²) in [4.78, 5) is 29.2. The zero-order chi connectivity index (χ0) is 22.3. The first-order chi connectivity index (χ1) is 15.6. The van der Waals surface area contributed by atoms with Crippen LogP contribution >= 0.6 is 15.9 Å². The van der Waals surface area contributed by atoms with Gasteiger partial charge in [-0.3, -0.25) is 14.6 Å². The number of anilines is 2. The Morgan fingerprint density at radius 3 is 2.41 bits per heavy atom. The molecule has 2 amide bonds. The molecule has 4 rings (SSSR count). The molecule has 0 aliphatic rings. The normalized spacial score (nSPS) is 10.4. The van der Waals surface area contributed by atoms with E-state index in [2.05, 4.69) is 31.5 Å². The number of hydrogen-bond donors (Lipinski definition) is 2. The number of hydrogen-bond acceptors (Lipinski definition) is 5. The topological polar surface area (TPSA) is 93.5 Å². The third kappa shape index (κ3) is 5.61. The number of halogens is 1. The number of ether oxygens (including phenoxy) is 1. The molecule has 0 aliphatic carbocycles. The van der Waals surface area contributed by atoms with E-state index < -0.39 is 5.91 Å². The van der Waals surface area contributed by atoms with E-state index in [4.69, 9.17) is 9.15 Å². The predicted octanol–water partition coefficient (Wildman–Crippen LogP) is 5.52. The summed E-state index contributed by atoms with van der Waals surface area (Å²) < 4.78 is 11.5. The van der Waals surface area contributed by atoms with Crippen LogP contribution in [0.1, 0.15) is 26.6 Å². The number of aromatic nitrogens is 1. The quantitative estimate of drug-likeness (QED) is 0.354. The Kier molecular flexibility index (Phi) is 6.62. The summed E-state index contributed by atoms with van der Waals surface area (Å²) in [6.07, 6.45) is 1.71. The molecule has 2 aromatic carbocycles. The molecule has 0 fully saturated rings. The van der Waals surface area contributed by atoms with Gasteiger partial charge in [-0.2, -0.15) is 0 Å². The predicted molar refractivity (Wildman–Crippen MR) is 124 cm³/mol. The van der Waals surface area contributed by atoms with Gasteiger partial charge in [0.1, 0.15) is 12.4 Å². The molecule has 2 heterocycles. The van der Waals surface area contributed by atoms with Crippen LogP contribution < -0.4 is 15.4 Å². The summed E-state index contributed by atoms with van der Waals surface area (Å²) >= 11 is 3.16. The molecule has 0 bridgehead atoms. The van der Waals surface area contributed by atoms with E-state index in [0.717, 1.165) is 5.69 Å². The molecule has 0 unspecified atom stereocenters. The average Bonchev–Trinajstić information content (AvgIpc) is 3.25. The number of rotatable bonds is 7. The van der Waals surface area contributed by atoms with Crippen LogP contribution in [0.4, 0.5) is 11.4 Å². The van der Waals surface area contributed by atoms with Gasteiger partial charge < -0.3 is 19.8 Å². The third-order valence-corrected chi connectivity index (χ3v) is 4.81. The molecule has 0 aliphatic heterocycles. The van der Waals surface area contributed by atoms with E-state index in [1.807, 2.05) is 24.3 Å². The molecule has 0 saturated carbocycles. The van der Waals surface area contributed by atoms with Crippen LogP contribution in [0.2, 0.25) is 0 Å². The Bertz CT molecular complexity index is 1240. The minimum Gasteiger partial charge on any atom is -0.487 e. The first kappa shape index (κ1) is 21.3. The second-order valence-corrected chi connectivity index (χ2v) is 7.51. The van der Waals surface area contributed by atoms with Crippen molar-refractivity contribution >= 4 is 39.1 Å². The fourth-order valence-corrected chi connectivity index (χ4v) is 3.18. The number of pyridine rings is 1. The monoisotopic (exact) mass is 491 g/mol. The molecule has 0 atom stereocenters. The van der Waals surface area contributed by atoms with E-state index in [9.17, 15) is 9.59 Å². The van der Waals surface area contributed by atoms with E-state index in [-0.39, 0.29) is 11.7 Å². The van der Waals surface area contributed by atoms with Crippen molar-refractivity contribution in [2.24, 2.45) is 0 Å². The third-order valence-electron chi connectivity index (χ3n) is 4.38. The lowest BCUT2D eigenvalue weighted by molar-refractivity contribution is 0.0992. The Balaban J connectivity index is 1.39. The standard InChI is InChI=1S/C24H18BrN3O4/c25-22-11-10-21(32-22)24(30)28-17-7-3-5-16(13-17)23(29)27-18-8-4-9-20(14-18)31-15-19-6-1-2-12-26-19/h1-14H,15H2,(H,27,29)(H,28,30). The highest BCUT2D eigenvalue weighted by molar-refractivity contribution is 9.10. The average molecular weight is 492 g/mol. The SMILES string of the molecule is O=C(Nc1cccc(OCc2ccccn2)c1)c1cccc(NC(=O)c2ccc(Br)o2)c1. The fraction of sp³-hybridized carbons (Fsp3) is 0.0417. The number of carbonyl (C=O) groups is 2. The zero-order valence-electron chi connectivity index (χ0n) is 16.7. The molecule has 0 saturated heterocycles. The molecule has 4 aromatic rings. The summed E-state index contributed by atoms with van der Waals surface area (Å²) in [6.45, 7) is 0.326. The van der Waals surface area contributed by atoms with Crippen molar-refractivity contribution in [3.63, 3.8) is 0 Å². The molecule has 8 heteroatoms. The van der Waals surface area contributed by atoms with Crippen LogP contribution in [0.15, 0.2) is 94.1 Å². The van der Waals surface area contributed by atoms with Crippen molar-refractivity contribution in [1.82, 2.24) is 4.98 Å². The highest BCUT2D eigenvalue weighted by atomic mass is 79.9. The second kappa shape index (κ2) is 9.93. The van der Waals surface area contributed by atoms with Gasteiger partial charge >= 0.3 is 0 Å². The number of benzene rings is 2. The van der Waals surface area contributed by atoms with Gasteiger partial charge in [-0.15, -0.1) is 0 Å². The molecule has 32 heavy (non-hydrogen) atoms. The number of amides is 2. The molecule has 2 N–H and O–H groups in total. The Morgan fingerprint density at radius 2 is 1.66 bits per heavy atom. The highest BCUT2D eigenvalue weighted by Gasteiger charge is 2.13. The number of nitrogens with zero attached hydrogens (tertiary/aromatic N) is 1. The molecule has 7 nitrogen and oxygen atoms in total. The van der Waals surface area contributed by atoms with Gasteiger partial charge in [-0.05, 0) is 70.5 Å². The van der Waals surface area contributed by atoms with Gasteiger partial charge in [0.05, 0.1) is 5.69 Å². The number of furan rings is 1. The largest absolute Gasteiger partial charge is 0.487 e. The zero-order valence-corrected chi connectivity index (χ0v) is 18.3. The van der Waals surface area contributed by atoms with Gasteiger partial charge in [0, 0.05) is 29.2 Å². The molecular weight excluding hydrogens is 474 g/mol. The van der Waals surface area contributed by atoms with Crippen molar-refractivity contribution < 1.29 is 18.7 Å². The van der Waals surface area contributed by atoms with Crippen molar-refractivity contribution in [3.8, 4) is 5.75 Å². The van der Waals surface area contributed by atoms with Crippen LogP contribution in [-0.4, -0.2) is 16.8 Å². The van der Waals surface area contributed by atoms with Gasteiger partial charge in [0.2, 0.25) is 0 Å². The van der Waals surface area contributed by atoms with E-state index in [0.29, 0.717) is 34.0 Å². The fourth-order valence-electron chi connectivity index (χ4n) is 2.87. The number of nitrogens with one attached hydrogen (secondary N) is 2. The van der Waals surface area contributed by atoms with Gasteiger partial charge in [0.25, 0.3) is 11.8 Å². The van der Waals surface area contributed by atoms with Crippen LogP contribution in [0, 0.1) is 0 Å². The van der Waals surface area contributed by atoms with E-state index >= 15 is 0 Å². The summed E-state index contributed by atoms with van der Waals surface area (Å²) in [5, 5.41) is 5.55. The Hall–Kier alpha value is -3.91.